The van der Waals surface area contributed by atoms with Gasteiger partial charge in [-0.05, 0) is 57.2 Å². The molecule has 0 N–H and O–H groups in total. The number of rotatable bonds is 4. The van der Waals surface area contributed by atoms with E-state index in [0.29, 0.717) is 32.6 Å². The van der Waals surface area contributed by atoms with E-state index in [1.165, 1.54) is 12.3 Å². The number of nitrogens with zero attached hydrogens (tertiary/aromatic N) is 1. The molecule has 9 heteroatoms. The van der Waals surface area contributed by atoms with E-state index < -0.39 is 28.4 Å². The molecule has 1 heterocycles. The molecule has 0 bridgehead atoms. The van der Waals surface area contributed by atoms with Gasteiger partial charge in [-0.3, -0.25) is 9.00 Å². The maximum absolute atomic E-state index is 13.3. The predicted octanol–water partition coefficient (Wildman–Crippen LogP) is 5.53. The fourth-order valence-corrected chi connectivity index (χ4v) is 3.60. The zero-order valence-corrected chi connectivity index (χ0v) is 19.7. The SMILES string of the molecule is CS(=O)COc1ccc(Cl)cc1/C=C1/C(=O)N(C(=O)OC(C)(C)C)c2cc(Cl)ccc21. The van der Waals surface area contributed by atoms with Gasteiger partial charge in [-0.1, -0.05) is 29.3 Å². The Morgan fingerprint density at radius 3 is 2.42 bits per heavy atom. The lowest BCUT2D eigenvalue weighted by molar-refractivity contribution is -0.112. The molecule has 2 amide bonds. The highest BCUT2D eigenvalue weighted by Gasteiger charge is 2.39. The van der Waals surface area contributed by atoms with Crippen LogP contribution < -0.4 is 9.64 Å². The summed E-state index contributed by atoms with van der Waals surface area (Å²) in [5.41, 5.74) is 0.824. The third kappa shape index (κ3) is 5.47. The topological polar surface area (TPSA) is 72.9 Å². The summed E-state index contributed by atoms with van der Waals surface area (Å²) in [4.78, 5) is 27.0. The van der Waals surface area contributed by atoms with Crippen molar-refractivity contribution in [2.45, 2.75) is 26.4 Å². The Balaban J connectivity index is 2.10. The highest BCUT2D eigenvalue weighted by molar-refractivity contribution is 7.84. The molecule has 0 aromatic heterocycles. The summed E-state index contributed by atoms with van der Waals surface area (Å²) in [6.45, 7) is 5.15. The number of anilines is 1. The van der Waals surface area contributed by atoms with Gasteiger partial charge in [-0.15, -0.1) is 0 Å². The number of hydrogen-bond acceptors (Lipinski definition) is 5. The Hall–Kier alpha value is -2.35. The number of carbonyl (C=O) groups excluding carboxylic acids is 2. The van der Waals surface area contributed by atoms with Gasteiger partial charge in [0.25, 0.3) is 5.91 Å². The first kappa shape index (κ1) is 23.3. The monoisotopic (exact) mass is 481 g/mol. The van der Waals surface area contributed by atoms with Crippen LogP contribution in [0.5, 0.6) is 5.75 Å². The third-order valence-electron chi connectivity index (χ3n) is 4.15. The van der Waals surface area contributed by atoms with Gasteiger partial charge in [0, 0.05) is 27.4 Å². The zero-order valence-electron chi connectivity index (χ0n) is 17.4. The van der Waals surface area contributed by atoms with Crippen LogP contribution in [0.2, 0.25) is 10.0 Å². The van der Waals surface area contributed by atoms with Crippen LogP contribution in [0, 0.1) is 0 Å². The molecule has 1 unspecified atom stereocenters. The summed E-state index contributed by atoms with van der Waals surface area (Å²) in [5.74, 6) is -0.162. The van der Waals surface area contributed by atoms with Crippen LogP contribution in [0.4, 0.5) is 10.5 Å². The number of ether oxygens (including phenoxy) is 2. The van der Waals surface area contributed by atoms with E-state index in [2.05, 4.69) is 0 Å². The number of imide groups is 1. The molecule has 0 spiro atoms. The molecule has 2 aromatic rings. The van der Waals surface area contributed by atoms with Gasteiger partial charge in [0.05, 0.1) is 22.1 Å². The molecule has 0 radical (unpaired) electrons. The minimum absolute atomic E-state index is 0.0119. The van der Waals surface area contributed by atoms with Gasteiger partial charge in [0.15, 0.2) is 5.94 Å². The van der Waals surface area contributed by atoms with Gasteiger partial charge < -0.3 is 9.47 Å². The minimum atomic E-state index is -1.18. The van der Waals surface area contributed by atoms with Gasteiger partial charge in [0.1, 0.15) is 11.4 Å². The van der Waals surface area contributed by atoms with E-state index in [0.717, 1.165) is 4.90 Å². The summed E-state index contributed by atoms with van der Waals surface area (Å²) >= 11 is 12.3. The fourth-order valence-electron chi connectivity index (χ4n) is 2.96. The van der Waals surface area contributed by atoms with Crippen molar-refractivity contribution in [1.82, 2.24) is 0 Å². The van der Waals surface area contributed by atoms with Gasteiger partial charge >= 0.3 is 6.09 Å². The Labute approximate surface area is 193 Å². The van der Waals surface area contributed by atoms with Crippen LogP contribution in [0.1, 0.15) is 31.9 Å². The van der Waals surface area contributed by atoms with Crippen molar-refractivity contribution in [3.8, 4) is 5.75 Å². The number of amides is 2. The molecule has 3 rings (SSSR count). The van der Waals surface area contributed by atoms with E-state index in [1.54, 1.807) is 57.2 Å². The summed E-state index contributed by atoms with van der Waals surface area (Å²) in [7, 11) is -1.18. The van der Waals surface area contributed by atoms with Crippen LogP contribution in [0.15, 0.2) is 36.4 Å². The highest BCUT2D eigenvalue weighted by atomic mass is 35.5. The van der Waals surface area contributed by atoms with Crippen molar-refractivity contribution in [3.05, 3.63) is 57.6 Å². The molecule has 164 valence electrons. The van der Waals surface area contributed by atoms with Crippen molar-refractivity contribution >= 4 is 63.3 Å². The largest absolute Gasteiger partial charge is 0.480 e. The van der Waals surface area contributed by atoms with Crippen LogP contribution in [0.3, 0.4) is 0 Å². The van der Waals surface area contributed by atoms with Crippen molar-refractivity contribution in [2.24, 2.45) is 0 Å². The first-order valence-corrected chi connectivity index (χ1v) is 11.8. The molecule has 2 aromatic carbocycles. The standard InChI is InChI=1S/C22H21Cl2NO5S/c1-22(2,3)30-21(27)25-18-11-15(24)5-7-16(18)17(20(25)26)10-13-9-14(23)6-8-19(13)29-12-31(4)28/h5-11H,12H2,1-4H3/b17-10+. The fraction of sp³-hybridized carbons (Fsp3) is 0.273. The smallest absolute Gasteiger partial charge is 0.422 e. The molecular weight excluding hydrogens is 461 g/mol. The normalized spacial score (nSPS) is 15.7. The number of hydrogen-bond donors (Lipinski definition) is 0. The summed E-state index contributed by atoms with van der Waals surface area (Å²) in [6.07, 6.45) is 2.31. The molecule has 0 aliphatic carbocycles. The van der Waals surface area contributed by atoms with E-state index >= 15 is 0 Å². The molecule has 1 aliphatic rings. The second-order valence-corrected chi connectivity index (χ2v) is 10.1. The Bertz CT molecular complexity index is 1110. The Kier molecular flexibility index (Phi) is 6.79. The van der Waals surface area contributed by atoms with E-state index in [9.17, 15) is 13.8 Å². The van der Waals surface area contributed by atoms with Crippen LogP contribution >= 0.6 is 23.2 Å². The second-order valence-electron chi connectivity index (χ2n) is 7.86. The van der Waals surface area contributed by atoms with E-state index in [1.807, 2.05) is 0 Å². The minimum Gasteiger partial charge on any atom is -0.480 e. The summed E-state index contributed by atoms with van der Waals surface area (Å²) in [6, 6.07) is 9.73. The third-order valence-corrected chi connectivity index (χ3v) is 5.07. The molecule has 1 aliphatic heterocycles. The van der Waals surface area contributed by atoms with E-state index in [-0.39, 0.29) is 11.5 Å². The van der Waals surface area contributed by atoms with Crippen molar-refractivity contribution in [3.63, 3.8) is 0 Å². The van der Waals surface area contributed by atoms with Crippen molar-refractivity contribution in [2.75, 3.05) is 17.1 Å². The van der Waals surface area contributed by atoms with Gasteiger partial charge in [0.2, 0.25) is 0 Å². The maximum Gasteiger partial charge on any atom is 0.422 e. The number of fused-ring (bicyclic) bond motifs is 1. The molecule has 1 atom stereocenters. The first-order chi connectivity index (χ1) is 14.5. The van der Waals surface area contributed by atoms with Crippen LogP contribution in [0.25, 0.3) is 11.6 Å². The molecule has 0 saturated heterocycles. The number of benzene rings is 2. The van der Waals surface area contributed by atoms with Crippen molar-refractivity contribution in [1.29, 1.82) is 0 Å². The van der Waals surface area contributed by atoms with Gasteiger partial charge in [-0.25, -0.2) is 9.69 Å². The quantitative estimate of drug-likeness (QED) is 0.536. The first-order valence-electron chi connectivity index (χ1n) is 9.28. The zero-order chi connectivity index (χ0) is 22.9. The number of carbonyl (C=O) groups is 2. The molecule has 0 saturated carbocycles. The maximum atomic E-state index is 13.3. The average molecular weight is 482 g/mol. The number of halogens is 2. The van der Waals surface area contributed by atoms with Crippen LogP contribution in [-0.4, -0.2) is 34.0 Å². The molecular formula is C22H21Cl2NO5S. The Morgan fingerprint density at radius 2 is 1.77 bits per heavy atom. The summed E-state index contributed by atoms with van der Waals surface area (Å²) < 4.78 is 22.5. The summed E-state index contributed by atoms with van der Waals surface area (Å²) in [5, 5.41) is 0.807. The average Bonchev–Trinajstić information content (AvgIpc) is 2.90. The molecule has 31 heavy (non-hydrogen) atoms. The van der Waals surface area contributed by atoms with Gasteiger partial charge in [-0.2, -0.15) is 0 Å². The second kappa shape index (κ2) is 9.02. The van der Waals surface area contributed by atoms with Crippen LogP contribution in [-0.2, 0) is 20.3 Å². The lowest BCUT2D eigenvalue weighted by Gasteiger charge is -2.23. The molecule has 6 nitrogen and oxygen atoms in total. The lowest BCUT2D eigenvalue weighted by atomic mass is 10.0. The molecule has 0 fully saturated rings. The highest BCUT2D eigenvalue weighted by Crippen LogP contribution is 2.41. The Morgan fingerprint density at radius 1 is 1.13 bits per heavy atom. The van der Waals surface area contributed by atoms with E-state index in [4.69, 9.17) is 32.7 Å². The van der Waals surface area contributed by atoms with Crippen molar-refractivity contribution < 1.29 is 23.3 Å². The lowest BCUT2D eigenvalue weighted by Crippen LogP contribution is -2.38. The predicted molar refractivity (Wildman–Crippen MR) is 124 cm³/mol.